The topological polar surface area (TPSA) is 311 Å². The van der Waals surface area contributed by atoms with E-state index in [1.165, 1.54) is 0 Å². The second-order valence-electron chi connectivity index (χ2n) is 4.15. The second kappa shape index (κ2) is 27.6. The van der Waals surface area contributed by atoms with E-state index in [9.17, 15) is 19.2 Å². The van der Waals surface area contributed by atoms with Crippen LogP contribution in [-0.2, 0) is 52.7 Å². The Morgan fingerprint density at radius 1 is 0.467 bits per heavy atom. The molecule has 0 spiro atoms. The molecule has 4 atom stereocenters. The number of aliphatic hydroxyl groups is 8. The van der Waals surface area contributed by atoms with E-state index in [0.717, 1.165) is 0 Å². The minimum atomic E-state index is -1.63. The molecule has 0 bridgehead atoms. The van der Waals surface area contributed by atoms with Crippen molar-refractivity contribution in [2.75, 3.05) is 26.4 Å². The van der Waals surface area contributed by atoms with Gasteiger partial charge in [0.05, 0.1) is 26.4 Å². The molecular weight excluding hydrogens is 522 g/mol. The summed E-state index contributed by atoms with van der Waals surface area (Å²) in [7, 11) is 0. The Balaban J connectivity index is -0.0000000626. The molecule has 189 valence electrons. The van der Waals surface area contributed by atoms with E-state index in [1.54, 1.807) is 0 Å². The molecule has 0 saturated heterocycles. The molecular formula is C12H24CuNiO16. The van der Waals surface area contributed by atoms with Crippen molar-refractivity contribution in [2.45, 2.75) is 24.4 Å². The van der Waals surface area contributed by atoms with E-state index < -0.39 is 74.7 Å². The molecule has 0 aromatic heterocycles. The van der Waals surface area contributed by atoms with Gasteiger partial charge in [-0.15, -0.1) is 0 Å². The number of rotatable bonds is 8. The van der Waals surface area contributed by atoms with Crippen molar-refractivity contribution in [1.82, 2.24) is 0 Å². The average molecular weight is 547 g/mol. The van der Waals surface area contributed by atoms with Crippen LogP contribution in [-0.4, -0.2) is 136 Å². The fourth-order valence-electron chi connectivity index (χ4n) is 0.312. The number of carboxylic acids is 4. The van der Waals surface area contributed by atoms with Crippen LogP contribution >= 0.6 is 0 Å². The molecule has 0 aliphatic rings. The summed E-state index contributed by atoms with van der Waals surface area (Å²) >= 11 is 0. The van der Waals surface area contributed by atoms with Gasteiger partial charge in [-0.25, -0.2) is 19.2 Å². The van der Waals surface area contributed by atoms with Crippen LogP contribution in [0.3, 0.4) is 0 Å². The predicted molar refractivity (Wildman–Crippen MR) is 82.9 cm³/mol. The molecule has 0 heterocycles. The first kappa shape index (κ1) is 42.6. The zero-order valence-corrected chi connectivity index (χ0v) is 16.7. The van der Waals surface area contributed by atoms with Gasteiger partial charge in [-0.1, -0.05) is 0 Å². The van der Waals surface area contributed by atoms with Crippen LogP contribution in [0.4, 0.5) is 0 Å². The number of carbonyl (C=O) groups is 4. The van der Waals surface area contributed by atoms with Gasteiger partial charge in [-0.05, 0) is 0 Å². The number of hydrogen-bond donors (Lipinski definition) is 12. The van der Waals surface area contributed by atoms with Gasteiger partial charge in [0, 0.05) is 33.6 Å². The molecule has 18 heteroatoms. The van der Waals surface area contributed by atoms with Crippen molar-refractivity contribution in [1.29, 1.82) is 0 Å². The summed E-state index contributed by atoms with van der Waals surface area (Å²) in [6.07, 6.45) is -6.50. The van der Waals surface area contributed by atoms with Crippen molar-refractivity contribution in [3.05, 3.63) is 0 Å². The summed E-state index contributed by atoms with van der Waals surface area (Å²) in [5.41, 5.74) is 0. The van der Waals surface area contributed by atoms with Gasteiger partial charge in [0.2, 0.25) is 0 Å². The third-order valence-electron chi connectivity index (χ3n) is 1.83. The fourth-order valence-corrected chi connectivity index (χ4v) is 0.312. The minimum Gasteiger partial charge on any atom is -0.479 e. The summed E-state index contributed by atoms with van der Waals surface area (Å²) in [4.78, 5) is 38.1. The van der Waals surface area contributed by atoms with E-state index in [0.29, 0.717) is 0 Å². The smallest absolute Gasteiger partial charge is 0.334 e. The van der Waals surface area contributed by atoms with Crippen molar-refractivity contribution >= 4 is 23.9 Å². The van der Waals surface area contributed by atoms with Gasteiger partial charge in [0.1, 0.15) is 0 Å². The molecule has 0 aromatic rings. The molecule has 12 N–H and O–H groups in total. The normalized spacial score (nSPS) is 12.5. The Labute approximate surface area is 189 Å². The van der Waals surface area contributed by atoms with Crippen LogP contribution in [0.25, 0.3) is 0 Å². The maximum atomic E-state index is 9.52. The number of aliphatic carboxylic acids is 4. The van der Waals surface area contributed by atoms with Crippen LogP contribution in [0.1, 0.15) is 0 Å². The molecule has 16 nitrogen and oxygen atoms in total. The zero-order chi connectivity index (χ0) is 23.4. The van der Waals surface area contributed by atoms with E-state index in [2.05, 4.69) is 0 Å². The van der Waals surface area contributed by atoms with Gasteiger partial charge in [-0.3, -0.25) is 0 Å². The van der Waals surface area contributed by atoms with Crippen LogP contribution < -0.4 is 0 Å². The van der Waals surface area contributed by atoms with Crippen LogP contribution in [0.2, 0.25) is 0 Å². The maximum Gasteiger partial charge on any atom is 0.334 e. The van der Waals surface area contributed by atoms with Gasteiger partial charge in [0.25, 0.3) is 0 Å². The predicted octanol–water partition coefficient (Wildman–Crippen LogP) is -6.31. The molecule has 0 saturated carbocycles. The summed E-state index contributed by atoms with van der Waals surface area (Å²) in [6, 6.07) is 0. The first-order chi connectivity index (χ1) is 12.7. The summed E-state index contributed by atoms with van der Waals surface area (Å²) < 4.78 is 0. The molecule has 30 heavy (non-hydrogen) atoms. The molecule has 0 aliphatic heterocycles. The molecule has 0 amide bonds. The summed E-state index contributed by atoms with van der Waals surface area (Å²) in [6.45, 7) is -2.91. The first-order valence-electron chi connectivity index (χ1n) is 6.80. The van der Waals surface area contributed by atoms with E-state index in [1.807, 2.05) is 0 Å². The fraction of sp³-hybridized carbons (Fsp3) is 0.667. The maximum absolute atomic E-state index is 9.52. The third-order valence-corrected chi connectivity index (χ3v) is 1.83. The molecule has 1 radical (unpaired) electrons. The van der Waals surface area contributed by atoms with Gasteiger partial charge in [-0.2, -0.15) is 0 Å². The van der Waals surface area contributed by atoms with Crippen LogP contribution in [0, 0.1) is 0 Å². The molecule has 0 fully saturated rings. The van der Waals surface area contributed by atoms with Crippen LogP contribution in [0.15, 0.2) is 0 Å². The number of carboxylic acid groups (broad SMARTS) is 4. The molecule has 0 aromatic carbocycles. The third kappa shape index (κ3) is 34.1. The number of hydrogen-bond acceptors (Lipinski definition) is 12. The Hall–Kier alpha value is -1.43. The largest absolute Gasteiger partial charge is 0.479 e. The monoisotopic (exact) mass is 545 g/mol. The molecule has 4 unspecified atom stereocenters. The Morgan fingerprint density at radius 2 is 0.567 bits per heavy atom. The van der Waals surface area contributed by atoms with Gasteiger partial charge >= 0.3 is 23.9 Å². The zero-order valence-electron chi connectivity index (χ0n) is 14.8. The van der Waals surface area contributed by atoms with E-state index in [4.69, 9.17) is 61.3 Å². The average Bonchev–Trinajstić information content (AvgIpc) is 2.66. The van der Waals surface area contributed by atoms with E-state index in [-0.39, 0.29) is 33.6 Å². The quantitative estimate of drug-likeness (QED) is 0.126. The molecule has 0 aliphatic carbocycles. The van der Waals surface area contributed by atoms with Gasteiger partial charge in [0.15, 0.2) is 24.4 Å². The standard InChI is InChI=1S/4C3H6O4.Cu.Ni/c4*4-1-2(5)3(6)7;;/h4*2,4-5H,1H2,(H,6,7);;. The van der Waals surface area contributed by atoms with Crippen molar-refractivity contribution in [3.63, 3.8) is 0 Å². The Kier molecular flexibility index (Phi) is 39.2. The van der Waals surface area contributed by atoms with Crippen molar-refractivity contribution in [3.8, 4) is 0 Å². The summed E-state index contributed by atoms with van der Waals surface area (Å²) in [5.74, 6) is -5.60. The molecule has 0 rings (SSSR count). The van der Waals surface area contributed by atoms with Crippen molar-refractivity contribution in [2.24, 2.45) is 0 Å². The van der Waals surface area contributed by atoms with Crippen molar-refractivity contribution < 1.29 is 114 Å². The SMILES string of the molecule is O=C(O)C(O)CO.O=C(O)C(O)CO.O=C(O)C(O)CO.O=C(O)C(O)CO.[Cu].[Ni]. The van der Waals surface area contributed by atoms with Crippen LogP contribution in [0.5, 0.6) is 0 Å². The first-order valence-corrected chi connectivity index (χ1v) is 6.80. The second-order valence-corrected chi connectivity index (χ2v) is 4.15. The summed E-state index contributed by atoms with van der Waals surface area (Å²) in [5, 5.41) is 94.9. The van der Waals surface area contributed by atoms with E-state index >= 15 is 0 Å². The van der Waals surface area contributed by atoms with Gasteiger partial charge < -0.3 is 61.3 Å². The minimum absolute atomic E-state index is 0. The Morgan fingerprint density at radius 3 is 0.567 bits per heavy atom. The number of aliphatic hydroxyl groups excluding tert-OH is 8. The Bertz CT molecular complexity index is 370.